The molecule has 0 bridgehead atoms. The van der Waals surface area contributed by atoms with E-state index in [2.05, 4.69) is 19.6 Å². The molecule has 0 fully saturated rings. The number of aryl methyl sites for hydroxylation is 1. The summed E-state index contributed by atoms with van der Waals surface area (Å²) in [7, 11) is 1.67. The third-order valence-corrected chi connectivity index (χ3v) is 2.25. The standard InChI is InChI=1S/C12H17NO/c1-9-5-4-6-11(14-3)12(9)10(2)7-8-13/h4-6H,2,7-8,13H2,1,3H3. The molecule has 0 atom stereocenters. The van der Waals surface area contributed by atoms with E-state index >= 15 is 0 Å². The molecule has 76 valence electrons. The summed E-state index contributed by atoms with van der Waals surface area (Å²) in [5.74, 6) is 0.878. The minimum Gasteiger partial charge on any atom is -0.496 e. The average Bonchev–Trinajstić information content (AvgIpc) is 2.17. The highest BCUT2D eigenvalue weighted by atomic mass is 16.5. The first-order valence-corrected chi connectivity index (χ1v) is 4.72. The number of hydrogen-bond donors (Lipinski definition) is 1. The van der Waals surface area contributed by atoms with E-state index in [1.54, 1.807) is 7.11 Å². The number of rotatable bonds is 4. The molecule has 1 rings (SSSR count). The second-order valence-electron chi connectivity index (χ2n) is 3.29. The van der Waals surface area contributed by atoms with E-state index in [4.69, 9.17) is 10.5 Å². The molecule has 1 aromatic rings. The van der Waals surface area contributed by atoms with Crippen LogP contribution < -0.4 is 10.5 Å². The third kappa shape index (κ3) is 2.15. The Bertz CT molecular complexity index is 331. The molecule has 2 heteroatoms. The van der Waals surface area contributed by atoms with Gasteiger partial charge in [-0.05, 0) is 37.1 Å². The van der Waals surface area contributed by atoms with Gasteiger partial charge < -0.3 is 10.5 Å². The fourth-order valence-electron chi connectivity index (χ4n) is 1.56. The van der Waals surface area contributed by atoms with Gasteiger partial charge in [0.05, 0.1) is 7.11 Å². The summed E-state index contributed by atoms with van der Waals surface area (Å²) in [5.41, 5.74) is 8.83. The van der Waals surface area contributed by atoms with Gasteiger partial charge in [-0.1, -0.05) is 18.7 Å². The van der Waals surface area contributed by atoms with Crippen LogP contribution in [0.1, 0.15) is 17.5 Å². The Morgan fingerprint density at radius 1 is 1.50 bits per heavy atom. The molecular weight excluding hydrogens is 174 g/mol. The Morgan fingerprint density at radius 3 is 2.79 bits per heavy atom. The number of ether oxygens (including phenoxy) is 1. The lowest BCUT2D eigenvalue weighted by atomic mass is 9.98. The molecule has 0 saturated carbocycles. The smallest absolute Gasteiger partial charge is 0.126 e. The number of methoxy groups -OCH3 is 1. The van der Waals surface area contributed by atoms with E-state index in [0.717, 1.165) is 23.3 Å². The lowest BCUT2D eigenvalue weighted by Crippen LogP contribution is -2.01. The molecule has 0 unspecified atom stereocenters. The molecule has 0 saturated heterocycles. The Hall–Kier alpha value is -1.28. The van der Waals surface area contributed by atoms with Crippen molar-refractivity contribution in [3.63, 3.8) is 0 Å². The molecule has 0 aromatic heterocycles. The summed E-state index contributed by atoms with van der Waals surface area (Å²) in [6.45, 7) is 6.70. The van der Waals surface area contributed by atoms with Gasteiger partial charge in [-0.3, -0.25) is 0 Å². The molecule has 14 heavy (non-hydrogen) atoms. The average molecular weight is 191 g/mol. The lowest BCUT2D eigenvalue weighted by Gasteiger charge is -2.13. The summed E-state index contributed by atoms with van der Waals surface area (Å²) < 4.78 is 5.29. The van der Waals surface area contributed by atoms with Crippen molar-refractivity contribution in [1.82, 2.24) is 0 Å². The van der Waals surface area contributed by atoms with Crippen LogP contribution in [0.4, 0.5) is 0 Å². The van der Waals surface area contributed by atoms with E-state index in [-0.39, 0.29) is 0 Å². The molecule has 0 aliphatic rings. The molecule has 0 heterocycles. The Balaban J connectivity index is 3.10. The van der Waals surface area contributed by atoms with E-state index in [9.17, 15) is 0 Å². The summed E-state index contributed by atoms with van der Waals surface area (Å²) in [5, 5.41) is 0. The van der Waals surface area contributed by atoms with Crippen LogP contribution in [-0.2, 0) is 0 Å². The zero-order valence-corrected chi connectivity index (χ0v) is 8.84. The number of hydrogen-bond acceptors (Lipinski definition) is 2. The van der Waals surface area contributed by atoms with Crippen LogP contribution in [0.15, 0.2) is 24.8 Å². The first kappa shape index (κ1) is 10.8. The predicted molar refractivity (Wildman–Crippen MR) is 60.4 cm³/mol. The van der Waals surface area contributed by atoms with Gasteiger partial charge in [0.25, 0.3) is 0 Å². The van der Waals surface area contributed by atoms with E-state index in [1.807, 2.05) is 12.1 Å². The topological polar surface area (TPSA) is 35.2 Å². The van der Waals surface area contributed by atoms with Crippen LogP contribution in [0.5, 0.6) is 5.75 Å². The summed E-state index contributed by atoms with van der Waals surface area (Å²) in [6.07, 6.45) is 0.807. The van der Waals surface area contributed by atoms with Gasteiger partial charge in [0.15, 0.2) is 0 Å². The van der Waals surface area contributed by atoms with Crippen molar-refractivity contribution in [3.05, 3.63) is 35.9 Å². The van der Waals surface area contributed by atoms with Gasteiger partial charge in [-0.2, -0.15) is 0 Å². The van der Waals surface area contributed by atoms with Crippen LogP contribution >= 0.6 is 0 Å². The molecule has 2 nitrogen and oxygen atoms in total. The molecule has 0 amide bonds. The van der Waals surface area contributed by atoms with Crippen molar-refractivity contribution in [1.29, 1.82) is 0 Å². The second-order valence-corrected chi connectivity index (χ2v) is 3.29. The molecule has 0 aliphatic carbocycles. The second kappa shape index (κ2) is 4.82. The van der Waals surface area contributed by atoms with Crippen LogP contribution in [-0.4, -0.2) is 13.7 Å². The number of benzene rings is 1. The fourth-order valence-corrected chi connectivity index (χ4v) is 1.56. The molecule has 0 aliphatic heterocycles. The van der Waals surface area contributed by atoms with Gasteiger partial charge in [0, 0.05) is 5.56 Å². The zero-order chi connectivity index (χ0) is 10.6. The van der Waals surface area contributed by atoms with Crippen molar-refractivity contribution in [3.8, 4) is 5.75 Å². The quantitative estimate of drug-likeness (QED) is 0.793. The minimum absolute atomic E-state index is 0.621. The lowest BCUT2D eigenvalue weighted by molar-refractivity contribution is 0.413. The summed E-state index contributed by atoms with van der Waals surface area (Å²) in [6, 6.07) is 5.98. The molecular formula is C12H17NO. The predicted octanol–water partition coefficient (Wildman–Crippen LogP) is 2.37. The number of nitrogens with two attached hydrogens (primary N) is 1. The normalized spacial score (nSPS) is 9.93. The maximum absolute atomic E-state index is 5.51. The van der Waals surface area contributed by atoms with Crippen LogP contribution in [0, 0.1) is 6.92 Å². The van der Waals surface area contributed by atoms with Gasteiger partial charge in [-0.15, -0.1) is 0 Å². The fraction of sp³-hybridized carbons (Fsp3) is 0.333. The largest absolute Gasteiger partial charge is 0.496 e. The first-order chi connectivity index (χ1) is 6.70. The molecule has 2 N–H and O–H groups in total. The van der Waals surface area contributed by atoms with Gasteiger partial charge in [0.2, 0.25) is 0 Å². The van der Waals surface area contributed by atoms with Gasteiger partial charge >= 0.3 is 0 Å². The van der Waals surface area contributed by atoms with Crippen LogP contribution in [0.2, 0.25) is 0 Å². The van der Waals surface area contributed by atoms with Crippen LogP contribution in [0.25, 0.3) is 5.57 Å². The maximum atomic E-state index is 5.51. The summed E-state index contributed by atoms with van der Waals surface area (Å²) >= 11 is 0. The minimum atomic E-state index is 0.621. The Kier molecular flexibility index (Phi) is 3.72. The van der Waals surface area contributed by atoms with Crippen molar-refractivity contribution < 1.29 is 4.74 Å². The highest BCUT2D eigenvalue weighted by molar-refractivity contribution is 5.71. The highest BCUT2D eigenvalue weighted by Gasteiger charge is 2.08. The first-order valence-electron chi connectivity index (χ1n) is 4.72. The van der Waals surface area contributed by atoms with Gasteiger partial charge in [0.1, 0.15) is 5.75 Å². The Labute approximate surface area is 85.4 Å². The van der Waals surface area contributed by atoms with Gasteiger partial charge in [-0.25, -0.2) is 0 Å². The summed E-state index contributed by atoms with van der Waals surface area (Å²) in [4.78, 5) is 0. The van der Waals surface area contributed by atoms with Crippen molar-refractivity contribution in [2.75, 3.05) is 13.7 Å². The SMILES string of the molecule is C=C(CCN)c1c(C)cccc1OC. The monoisotopic (exact) mass is 191 g/mol. The molecule has 0 spiro atoms. The van der Waals surface area contributed by atoms with E-state index < -0.39 is 0 Å². The highest BCUT2D eigenvalue weighted by Crippen LogP contribution is 2.29. The van der Waals surface area contributed by atoms with Crippen LogP contribution in [0.3, 0.4) is 0 Å². The van der Waals surface area contributed by atoms with E-state index in [1.165, 1.54) is 5.56 Å². The Morgan fingerprint density at radius 2 is 2.21 bits per heavy atom. The maximum Gasteiger partial charge on any atom is 0.126 e. The van der Waals surface area contributed by atoms with Crippen molar-refractivity contribution in [2.45, 2.75) is 13.3 Å². The van der Waals surface area contributed by atoms with Crippen molar-refractivity contribution in [2.24, 2.45) is 5.73 Å². The van der Waals surface area contributed by atoms with E-state index in [0.29, 0.717) is 6.54 Å². The molecule has 1 aromatic carbocycles. The van der Waals surface area contributed by atoms with Crippen molar-refractivity contribution >= 4 is 5.57 Å². The molecule has 0 radical (unpaired) electrons. The zero-order valence-electron chi connectivity index (χ0n) is 8.84. The third-order valence-electron chi connectivity index (χ3n) is 2.25.